The first kappa shape index (κ1) is 9.71. The molecule has 1 aromatic heterocycles. The number of H-pyrrole nitrogens is 1. The molecule has 6 heteroatoms. The third-order valence-corrected chi connectivity index (χ3v) is 2.36. The van der Waals surface area contributed by atoms with Crippen molar-refractivity contribution in [1.29, 1.82) is 0 Å². The molecule has 6 nitrogen and oxygen atoms in total. The minimum atomic E-state index is -0.252. The van der Waals surface area contributed by atoms with E-state index < -0.39 is 0 Å². The van der Waals surface area contributed by atoms with E-state index in [1.165, 1.54) is 0 Å². The number of ether oxygens (including phenoxy) is 2. The number of nitrogens with zero attached hydrogens (tertiary/aromatic N) is 1. The van der Waals surface area contributed by atoms with Gasteiger partial charge in [-0.25, -0.2) is 4.98 Å². The lowest BCUT2D eigenvalue weighted by Crippen LogP contribution is -2.12. The predicted octanol–water partition coefficient (Wildman–Crippen LogP) is 1.39. The van der Waals surface area contributed by atoms with Crippen LogP contribution in [-0.2, 0) is 0 Å². The number of fused-ring (bicyclic) bond motifs is 1. The van der Waals surface area contributed by atoms with Crippen LogP contribution < -0.4 is 14.8 Å². The standard InChI is InChI=1S/C11H9N3O3/c15-10(14-11-12-3-4-13-11)7-1-2-8-9(5-7)17-6-16-8/h1-5H,6H2,(H2,12,13,14,15). The molecule has 0 radical (unpaired) electrons. The SMILES string of the molecule is O=C(Nc1ncc[nH]1)c1ccc2c(c1)OCO2. The fraction of sp³-hybridized carbons (Fsp3) is 0.0909. The number of rotatable bonds is 2. The Morgan fingerprint density at radius 3 is 3.06 bits per heavy atom. The summed E-state index contributed by atoms with van der Waals surface area (Å²) in [5.41, 5.74) is 0.491. The molecular weight excluding hydrogens is 222 g/mol. The van der Waals surface area contributed by atoms with Crippen molar-refractivity contribution in [3.63, 3.8) is 0 Å². The Hall–Kier alpha value is -2.50. The van der Waals surface area contributed by atoms with Gasteiger partial charge < -0.3 is 14.5 Å². The Morgan fingerprint density at radius 1 is 1.35 bits per heavy atom. The molecular formula is C11H9N3O3. The summed E-state index contributed by atoms with van der Waals surface area (Å²) >= 11 is 0. The maximum Gasteiger partial charge on any atom is 0.258 e. The zero-order valence-corrected chi connectivity index (χ0v) is 8.77. The van der Waals surface area contributed by atoms with Crippen LogP contribution in [0.3, 0.4) is 0 Å². The number of amides is 1. The Labute approximate surface area is 96.6 Å². The van der Waals surface area contributed by atoms with Crippen LogP contribution in [0.4, 0.5) is 5.95 Å². The largest absolute Gasteiger partial charge is 0.454 e. The van der Waals surface area contributed by atoms with Crippen molar-refractivity contribution < 1.29 is 14.3 Å². The number of aromatic nitrogens is 2. The van der Waals surface area contributed by atoms with E-state index in [1.807, 2.05) is 0 Å². The van der Waals surface area contributed by atoms with Crippen LogP contribution in [0.25, 0.3) is 0 Å². The Kier molecular flexibility index (Phi) is 2.18. The number of imidazole rings is 1. The van der Waals surface area contributed by atoms with Crippen LogP contribution in [0.2, 0.25) is 0 Å². The van der Waals surface area contributed by atoms with Gasteiger partial charge in [0.25, 0.3) is 5.91 Å². The number of carbonyl (C=O) groups excluding carboxylic acids is 1. The van der Waals surface area contributed by atoms with Crippen molar-refractivity contribution in [2.45, 2.75) is 0 Å². The lowest BCUT2D eigenvalue weighted by Gasteiger charge is -2.02. The summed E-state index contributed by atoms with van der Waals surface area (Å²) in [6, 6.07) is 5.02. The van der Waals surface area contributed by atoms with Gasteiger partial charge >= 0.3 is 0 Å². The van der Waals surface area contributed by atoms with Gasteiger partial charge in [0.2, 0.25) is 12.7 Å². The second kappa shape index (κ2) is 3.82. The van der Waals surface area contributed by atoms with Crippen molar-refractivity contribution in [2.24, 2.45) is 0 Å². The highest BCUT2D eigenvalue weighted by Gasteiger charge is 2.16. The third-order valence-electron chi connectivity index (χ3n) is 2.36. The first-order valence-corrected chi connectivity index (χ1v) is 5.03. The smallest absolute Gasteiger partial charge is 0.258 e. The van der Waals surface area contributed by atoms with Gasteiger partial charge in [0.05, 0.1) is 0 Å². The highest BCUT2D eigenvalue weighted by atomic mass is 16.7. The van der Waals surface area contributed by atoms with Crippen LogP contribution in [0, 0.1) is 0 Å². The molecule has 2 heterocycles. The Morgan fingerprint density at radius 2 is 2.24 bits per heavy atom. The van der Waals surface area contributed by atoms with Gasteiger partial charge in [0.15, 0.2) is 11.5 Å². The van der Waals surface area contributed by atoms with Crippen LogP contribution >= 0.6 is 0 Å². The lowest BCUT2D eigenvalue weighted by atomic mass is 10.2. The zero-order chi connectivity index (χ0) is 11.7. The maximum atomic E-state index is 11.8. The van der Waals surface area contributed by atoms with Gasteiger partial charge in [0, 0.05) is 18.0 Å². The second-order valence-electron chi connectivity index (χ2n) is 3.46. The molecule has 3 rings (SSSR count). The van der Waals surface area contributed by atoms with Crippen molar-refractivity contribution >= 4 is 11.9 Å². The summed E-state index contributed by atoms with van der Waals surface area (Å²) < 4.78 is 10.4. The molecule has 1 aliphatic rings. The lowest BCUT2D eigenvalue weighted by molar-refractivity contribution is 0.102. The minimum Gasteiger partial charge on any atom is -0.454 e. The highest BCUT2D eigenvalue weighted by Crippen LogP contribution is 2.32. The van der Waals surface area contributed by atoms with Gasteiger partial charge in [-0.15, -0.1) is 0 Å². The first-order chi connectivity index (χ1) is 8.33. The normalized spacial score (nSPS) is 12.5. The molecule has 0 fully saturated rings. The van der Waals surface area contributed by atoms with E-state index in [1.54, 1.807) is 30.6 Å². The number of nitrogens with one attached hydrogen (secondary N) is 2. The number of benzene rings is 1. The molecule has 0 unspecified atom stereocenters. The molecule has 0 saturated carbocycles. The van der Waals surface area contributed by atoms with Crippen LogP contribution in [0.5, 0.6) is 11.5 Å². The van der Waals surface area contributed by atoms with E-state index in [4.69, 9.17) is 9.47 Å². The Bertz CT molecular complexity index is 551. The molecule has 0 saturated heterocycles. The number of hydrogen-bond acceptors (Lipinski definition) is 4. The van der Waals surface area contributed by atoms with E-state index in [0.717, 1.165) is 0 Å². The Balaban J connectivity index is 1.82. The van der Waals surface area contributed by atoms with Crippen LogP contribution in [-0.4, -0.2) is 22.7 Å². The van der Waals surface area contributed by atoms with E-state index in [0.29, 0.717) is 23.0 Å². The minimum absolute atomic E-state index is 0.193. The monoisotopic (exact) mass is 231 g/mol. The topological polar surface area (TPSA) is 76.2 Å². The summed E-state index contributed by atoms with van der Waals surface area (Å²) in [5.74, 6) is 1.39. The van der Waals surface area contributed by atoms with Crippen LogP contribution in [0.1, 0.15) is 10.4 Å². The summed E-state index contributed by atoms with van der Waals surface area (Å²) in [4.78, 5) is 18.5. The molecule has 17 heavy (non-hydrogen) atoms. The van der Waals surface area contributed by atoms with Gasteiger partial charge in [-0.1, -0.05) is 0 Å². The molecule has 1 amide bonds. The van der Waals surface area contributed by atoms with Gasteiger partial charge in [0.1, 0.15) is 0 Å². The van der Waals surface area contributed by atoms with E-state index in [9.17, 15) is 4.79 Å². The highest BCUT2D eigenvalue weighted by molar-refractivity contribution is 6.03. The van der Waals surface area contributed by atoms with E-state index in [2.05, 4.69) is 15.3 Å². The van der Waals surface area contributed by atoms with E-state index >= 15 is 0 Å². The van der Waals surface area contributed by atoms with Gasteiger partial charge in [-0.3, -0.25) is 10.1 Å². The number of hydrogen-bond donors (Lipinski definition) is 2. The van der Waals surface area contributed by atoms with Gasteiger partial charge in [-0.05, 0) is 18.2 Å². The van der Waals surface area contributed by atoms with Crippen molar-refractivity contribution in [3.05, 3.63) is 36.2 Å². The fourth-order valence-electron chi connectivity index (χ4n) is 1.55. The van der Waals surface area contributed by atoms with Crippen LogP contribution in [0.15, 0.2) is 30.6 Å². The summed E-state index contributed by atoms with van der Waals surface area (Å²) in [6.45, 7) is 0.193. The molecule has 0 spiro atoms. The third kappa shape index (κ3) is 1.80. The molecule has 2 aromatic rings. The number of aromatic amines is 1. The first-order valence-electron chi connectivity index (χ1n) is 5.03. The predicted molar refractivity (Wildman–Crippen MR) is 59.1 cm³/mol. The molecule has 0 atom stereocenters. The molecule has 0 bridgehead atoms. The summed E-state index contributed by atoms with van der Waals surface area (Å²) in [7, 11) is 0. The molecule has 1 aromatic carbocycles. The zero-order valence-electron chi connectivity index (χ0n) is 8.77. The quantitative estimate of drug-likeness (QED) is 0.818. The molecule has 0 aliphatic carbocycles. The second-order valence-corrected chi connectivity index (χ2v) is 3.46. The van der Waals surface area contributed by atoms with E-state index in [-0.39, 0.29) is 12.7 Å². The molecule has 1 aliphatic heterocycles. The van der Waals surface area contributed by atoms with Crippen molar-refractivity contribution in [2.75, 3.05) is 12.1 Å². The number of carbonyl (C=O) groups is 1. The number of anilines is 1. The summed E-state index contributed by atoms with van der Waals surface area (Å²) in [5, 5.41) is 2.63. The average Bonchev–Trinajstić information content (AvgIpc) is 2.97. The van der Waals surface area contributed by atoms with Crippen molar-refractivity contribution in [3.8, 4) is 11.5 Å². The fourth-order valence-corrected chi connectivity index (χ4v) is 1.55. The molecule has 2 N–H and O–H groups in total. The maximum absolute atomic E-state index is 11.8. The summed E-state index contributed by atoms with van der Waals surface area (Å²) in [6.07, 6.45) is 3.20. The van der Waals surface area contributed by atoms with Crippen molar-refractivity contribution in [1.82, 2.24) is 9.97 Å². The average molecular weight is 231 g/mol. The molecule has 86 valence electrons. The van der Waals surface area contributed by atoms with Gasteiger partial charge in [-0.2, -0.15) is 0 Å².